The summed E-state index contributed by atoms with van der Waals surface area (Å²) in [6.45, 7) is 7.42. The summed E-state index contributed by atoms with van der Waals surface area (Å²) in [4.78, 5) is 12.0. The summed E-state index contributed by atoms with van der Waals surface area (Å²) in [7, 11) is 1.61. The van der Waals surface area contributed by atoms with Gasteiger partial charge in [0.15, 0.2) is 0 Å². The monoisotopic (exact) mass is 364 g/mol. The van der Waals surface area contributed by atoms with Crippen molar-refractivity contribution in [2.45, 2.75) is 83.5 Å². The third kappa shape index (κ3) is 4.84. The van der Waals surface area contributed by atoms with Crippen molar-refractivity contribution in [1.29, 1.82) is 0 Å². The van der Waals surface area contributed by atoms with Gasteiger partial charge in [-0.2, -0.15) is 0 Å². The third-order valence-corrected chi connectivity index (χ3v) is 5.70. The van der Waals surface area contributed by atoms with Crippen molar-refractivity contribution in [3.8, 4) is 0 Å². The zero-order valence-electron chi connectivity index (χ0n) is 16.6. The summed E-state index contributed by atoms with van der Waals surface area (Å²) in [6, 6.07) is 0. The van der Waals surface area contributed by atoms with Crippen molar-refractivity contribution < 1.29 is 24.5 Å². The molecule has 0 amide bonds. The molecule has 0 aromatic heterocycles. The van der Waals surface area contributed by atoms with E-state index in [0.717, 1.165) is 18.4 Å². The van der Waals surface area contributed by atoms with Crippen LogP contribution in [0.1, 0.15) is 66.2 Å². The van der Waals surface area contributed by atoms with Gasteiger partial charge >= 0.3 is 5.97 Å². The highest BCUT2D eigenvalue weighted by atomic mass is 16.5. The van der Waals surface area contributed by atoms with E-state index in [9.17, 15) is 15.0 Å². The van der Waals surface area contributed by atoms with Gasteiger partial charge in [0.05, 0.1) is 17.3 Å². The molecule has 0 aromatic rings. The molecule has 1 aliphatic heterocycles. The molecule has 0 bridgehead atoms. The molecule has 26 heavy (non-hydrogen) atoms. The lowest BCUT2D eigenvalue weighted by atomic mass is 9.85. The zero-order chi connectivity index (χ0) is 19.5. The largest absolute Gasteiger partial charge is 0.423 e. The molecule has 0 fully saturated rings. The predicted octanol–water partition coefficient (Wildman–Crippen LogP) is 3.56. The van der Waals surface area contributed by atoms with E-state index in [2.05, 4.69) is 13.0 Å². The number of hydrogen-bond donors (Lipinski definition) is 2. The van der Waals surface area contributed by atoms with Gasteiger partial charge in [-0.3, -0.25) is 0 Å². The molecule has 0 unspecified atom stereocenters. The van der Waals surface area contributed by atoms with E-state index >= 15 is 0 Å². The number of allylic oxidation sites excluding steroid dienone is 3. The molecule has 0 aromatic carbocycles. The second kappa shape index (κ2) is 8.07. The predicted molar refractivity (Wildman–Crippen MR) is 100 cm³/mol. The summed E-state index contributed by atoms with van der Waals surface area (Å²) >= 11 is 0. The van der Waals surface area contributed by atoms with Crippen LogP contribution in [0.2, 0.25) is 0 Å². The number of aliphatic hydroxyl groups is 2. The van der Waals surface area contributed by atoms with Crippen LogP contribution in [-0.2, 0) is 14.3 Å². The minimum absolute atomic E-state index is 0.343. The molecule has 0 radical (unpaired) electrons. The van der Waals surface area contributed by atoms with Gasteiger partial charge in [-0.05, 0) is 72.3 Å². The fraction of sp³-hybridized carbons (Fsp3) is 0.667. The molecule has 0 saturated carbocycles. The van der Waals surface area contributed by atoms with E-state index in [4.69, 9.17) is 9.47 Å². The Labute approximate surface area is 156 Å². The zero-order valence-corrected chi connectivity index (χ0v) is 16.6. The Hall–Kier alpha value is -1.43. The van der Waals surface area contributed by atoms with Gasteiger partial charge in [-0.1, -0.05) is 11.6 Å². The number of hydrogen-bond acceptors (Lipinski definition) is 5. The molecule has 3 atom stereocenters. The Balaban J connectivity index is 2.35. The molecule has 1 heterocycles. The molecule has 146 valence electrons. The summed E-state index contributed by atoms with van der Waals surface area (Å²) in [6.07, 6.45) is 6.83. The highest BCUT2D eigenvalue weighted by Gasteiger charge is 2.35. The van der Waals surface area contributed by atoms with Gasteiger partial charge in [-0.15, -0.1) is 0 Å². The fourth-order valence-corrected chi connectivity index (χ4v) is 3.50. The van der Waals surface area contributed by atoms with E-state index < -0.39 is 17.3 Å². The number of aliphatic hydroxyl groups excluding tert-OH is 1. The van der Waals surface area contributed by atoms with E-state index in [1.54, 1.807) is 27.0 Å². The Morgan fingerprint density at radius 3 is 2.58 bits per heavy atom. The smallest absolute Gasteiger partial charge is 0.339 e. The maximum Gasteiger partial charge on any atom is 0.339 e. The molecule has 2 aliphatic rings. The van der Waals surface area contributed by atoms with Crippen molar-refractivity contribution in [3.63, 3.8) is 0 Å². The lowest BCUT2D eigenvalue weighted by Gasteiger charge is -2.34. The molecule has 2 N–H and O–H groups in total. The minimum atomic E-state index is -1.18. The van der Waals surface area contributed by atoms with Crippen LogP contribution in [-0.4, -0.2) is 40.6 Å². The highest BCUT2D eigenvalue weighted by molar-refractivity contribution is 5.93. The molecule has 1 aliphatic carbocycles. The fourth-order valence-electron chi connectivity index (χ4n) is 3.50. The molecule has 0 saturated heterocycles. The van der Waals surface area contributed by atoms with Crippen LogP contribution in [0.15, 0.2) is 34.6 Å². The Morgan fingerprint density at radius 2 is 1.92 bits per heavy atom. The first-order chi connectivity index (χ1) is 12.1. The number of rotatable bonds is 1. The average Bonchev–Trinajstić information content (AvgIpc) is 2.83. The van der Waals surface area contributed by atoms with Crippen LogP contribution in [0.5, 0.6) is 0 Å². The number of esters is 1. The third-order valence-electron chi connectivity index (χ3n) is 5.70. The van der Waals surface area contributed by atoms with Crippen molar-refractivity contribution >= 4 is 5.97 Å². The van der Waals surface area contributed by atoms with Gasteiger partial charge < -0.3 is 19.7 Å². The summed E-state index contributed by atoms with van der Waals surface area (Å²) in [5.74, 6) is 0.103. The Bertz CT molecular complexity index is 641. The molecule has 2 rings (SSSR count). The number of ether oxygens (including phenoxy) is 2. The molecule has 5 nitrogen and oxygen atoms in total. The van der Waals surface area contributed by atoms with Gasteiger partial charge in [0.2, 0.25) is 0 Å². The second-order valence-corrected chi connectivity index (χ2v) is 8.02. The molecule has 0 spiro atoms. The van der Waals surface area contributed by atoms with Gasteiger partial charge in [-0.25, -0.2) is 4.79 Å². The summed E-state index contributed by atoms with van der Waals surface area (Å²) in [5.41, 5.74) is 0.851. The first kappa shape index (κ1) is 20.9. The van der Waals surface area contributed by atoms with Gasteiger partial charge in [0, 0.05) is 18.3 Å². The normalized spacial score (nSPS) is 38.6. The maximum atomic E-state index is 12.0. The first-order valence-electron chi connectivity index (χ1n) is 9.34. The van der Waals surface area contributed by atoms with E-state index in [1.807, 2.05) is 6.92 Å². The lowest BCUT2D eigenvalue weighted by Crippen LogP contribution is -2.42. The topological polar surface area (TPSA) is 76.0 Å². The van der Waals surface area contributed by atoms with Crippen molar-refractivity contribution in [2.24, 2.45) is 0 Å². The van der Waals surface area contributed by atoms with Crippen LogP contribution in [0.4, 0.5) is 0 Å². The number of fused-ring (bicyclic) bond motifs is 1. The maximum absolute atomic E-state index is 12.0. The highest BCUT2D eigenvalue weighted by Crippen LogP contribution is 2.34. The van der Waals surface area contributed by atoms with E-state index in [0.29, 0.717) is 37.0 Å². The van der Waals surface area contributed by atoms with E-state index in [-0.39, 0.29) is 5.97 Å². The van der Waals surface area contributed by atoms with Crippen LogP contribution in [0, 0.1) is 0 Å². The molecular formula is C21H32O5. The van der Waals surface area contributed by atoms with Gasteiger partial charge in [0.1, 0.15) is 5.76 Å². The second-order valence-electron chi connectivity index (χ2n) is 8.02. The minimum Gasteiger partial charge on any atom is -0.423 e. The van der Waals surface area contributed by atoms with Crippen LogP contribution in [0.3, 0.4) is 0 Å². The van der Waals surface area contributed by atoms with Crippen LogP contribution in [0.25, 0.3) is 0 Å². The number of carbonyl (C=O) groups excluding carboxylic acids is 1. The molecule has 5 heteroatoms. The summed E-state index contributed by atoms with van der Waals surface area (Å²) < 4.78 is 11.0. The van der Waals surface area contributed by atoms with Gasteiger partial charge in [0.25, 0.3) is 0 Å². The van der Waals surface area contributed by atoms with Crippen LogP contribution >= 0.6 is 0 Å². The van der Waals surface area contributed by atoms with Crippen LogP contribution < -0.4 is 0 Å². The Morgan fingerprint density at radius 1 is 1.23 bits per heavy atom. The SMILES string of the molecule is CO[C@]1(C)CC/C=C(\C)CCC2=C(C)C(=O)O/C2=C\[C@@](C)(O)CC[C@H]1O. The van der Waals surface area contributed by atoms with E-state index in [1.165, 1.54) is 5.57 Å². The van der Waals surface area contributed by atoms with Crippen molar-refractivity contribution in [2.75, 3.05) is 7.11 Å². The average molecular weight is 364 g/mol. The van der Waals surface area contributed by atoms with Crippen molar-refractivity contribution in [1.82, 2.24) is 0 Å². The number of methoxy groups -OCH3 is 1. The first-order valence-corrected chi connectivity index (χ1v) is 9.34. The summed E-state index contributed by atoms with van der Waals surface area (Å²) in [5, 5.41) is 21.4. The van der Waals surface area contributed by atoms with Crippen molar-refractivity contribution in [3.05, 3.63) is 34.6 Å². The lowest BCUT2D eigenvalue weighted by molar-refractivity contribution is -0.133. The number of carbonyl (C=O) groups is 1. The standard InChI is InChI=1S/C21H32O5/c1-14-7-6-11-21(4,25-5)18(22)10-12-20(3,24)13-17-16(9-8-14)15(2)19(23)26-17/h7,13,18,22,24H,6,8-12H2,1-5H3/b14-7+,17-13-/t18-,20+,21-/m1/s1. The quantitative estimate of drug-likeness (QED) is 0.550. The Kier molecular flexibility index (Phi) is 6.48. The molecular weight excluding hydrogens is 332 g/mol.